The zero-order valence-corrected chi connectivity index (χ0v) is 22.1. The van der Waals surface area contributed by atoms with Crippen molar-refractivity contribution in [1.29, 1.82) is 0 Å². The lowest BCUT2D eigenvalue weighted by Gasteiger charge is -2.32. The van der Waals surface area contributed by atoms with Gasteiger partial charge in [0.25, 0.3) is 5.91 Å². The maximum atomic E-state index is 13.2. The predicted molar refractivity (Wildman–Crippen MR) is 146 cm³/mol. The Labute approximate surface area is 221 Å². The van der Waals surface area contributed by atoms with Crippen molar-refractivity contribution < 1.29 is 23.4 Å². The number of hydrogen-bond donors (Lipinski definition) is 1. The molecule has 1 fully saturated rings. The molecular formula is C29H32N4O5. The van der Waals surface area contributed by atoms with E-state index in [9.17, 15) is 4.79 Å². The summed E-state index contributed by atoms with van der Waals surface area (Å²) in [7, 11) is 6.70. The summed E-state index contributed by atoms with van der Waals surface area (Å²) < 4.78 is 22.3. The van der Waals surface area contributed by atoms with Gasteiger partial charge in [-0.05, 0) is 49.0 Å². The molecule has 9 nitrogen and oxygen atoms in total. The molecule has 1 aromatic heterocycles. The van der Waals surface area contributed by atoms with Crippen molar-refractivity contribution in [2.75, 3.05) is 59.9 Å². The smallest absolute Gasteiger partial charge is 0.255 e. The molecule has 0 atom stereocenters. The van der Waals surface area contributed by atoms with Crippen molar-refractivity contribution in [3.05, 3.63) is 65.7 Å². The number of carbonyl (C=O) groups excluding carboxylic acids is 1. The number of nitrogens with zero attached hydrogens (tertiary/aromatic N) is 3. The summed E-state index contributed by atoms with van der Waals surface area (Å²) in [5.41, 5.74) is 4.32. The number of likely N-dealkylation sites (N-methyl/N-ethyl adjacent to an activating group) is 1. The van der Waals surface area contributed by atoms with Crippen molar-refractivity contribution in [2.24, 2.45) is 0 Å². The highest BCUT2D eigenvalue weighted by atomic mass is 16.5. The van der Waals surface area contributed by atoms with Crippen LogP contribution in [0.5, 0.6) is 17.2 Å². The van der Waals surface area contributed by atoms with Gasteiger partial charge >= 0.3 is 0 Å². The van der Waals surface area contributed by atoms with E-state index in [1.165, 1.54) is 26.9 Å². The highest BCUT2D eigenvalue weighted by Gasteiger charge is 2.20. The fraction of sp³-hybridized carbons (Fsp3) is 0.310. The van der Waals surface area contributed by atoms with E-state index in [2.05, 4.69) is 34.3 Å². The molecule has 1 aliphatic heterocycles. The van der Waals surface area contributed by atoms with Crippen LogP contribution in [0.25, 0.3) is 22.6 Å². The number of hydrogen-bond acceptors (Lipinski definition) is 8. The normalized spacial score (nSPS) is 14.4. The third-order valence-corrected chi connectivity index (χ3v) is 6.79. The minimum atomic E-state index is -0.331. The van der Waals surface area contributed by atoms with Crippen molar-refractivity contribution in [1.82, 2.24) is 14.8 Å². The summed E-state index contributed by atoms with van der Waals surface area (Å²) in [6.45, 7) is 5.15. The second-order valence-electron chi connectivity index (χ2n) is 9.31. The molecule has 5 rings (SSSR count). The number of methoxy groups -OCH3 is 3. The Bertz CT molecular complexity index is 1420. The molecule has 38 heavy (non-hydrogen) atoms. The number of ether oxygens (including phenoxy) is 3. The van der Waals surface area contributed by atoms with E-state index in [0.29, 0.717) is 45.5 Å². The lowest BCUT2D eigenvalue weighted by atomic mass is 10.1. The van der Waals surface area contributed by atoms with Crippen LogP contribution in [0.3, 0.4) is 0 Å². The molecule has 198 valence electrons. The van der Waals surface area contributed by atoms with Crippen LogP contribution in [-0.2, 0) is 6.54 Å². The van der Waals surface area contributed by atoms with Gasteiger partial charge in [-0.3, -0.25) is 9.69 Å². The fourth-order valence-electron chi connectivity index (χ4n) is 4.64. The van der Waals surface area contributed by atoms with Gasteiger partial charge in [0.1, 0.15) is 5.52 Å². The SMILES string of the molecule is COc1cc(C(=O)Nc2ccccc2-c2nc3cc(CN4CCN(C)CC4)ccc3o2)cc(OC)c1OC. The number of benzene rings is 3. The van der Waals surface area contributed by atoms with E-state index < -0.39 is 0 Å². The van der Waals surface area contributed by atoms with Crippen LogP contribution in [0, 0.1) is 0 Å². The van der Waals surface area contributed by atoms with Crippen molar-refractivity contribution >= 4 is 22.7 Å². The van der Waals surface area contributed by atoms with E-state index in [0.717, 1.165) is 38.2 Å². The zero-order valence-electron chi connectivity index (χ0n) is 22.1. The minimum Gasteiger partial charge on any atom is -0.493 e. The number of anilines is 1. The van der Waals surface area contributed by atoms with Crippen LogP contribution >= 0.6 is 0 Å². The number of amides is 1. The van der Waals surface area contributed by atoms with Gasteiger partial charge in [-0.1, -0.05) is 18.2 Å². The molecule has 0 spiro atoms. The summed E-state index contributed by atoms with van der Waals surface area (Å²) in [6, 6.07) is 16.8. The van der Waals surface area contributed by atoms with Crippen LogP contribution < -0.4 is 19.5 Å². The second-order valence-corrected chi connectivity index (χ2v) is 9.31. The molecule has 0 aliphatic carbocycles. The number of piperazine rings is 1. The highest BCUT2D eigenvalue weighted by Crippen LogP contribution is 2.38. The molecule has 1 amide bonds. The van der Waals surface area contributed by atoms with Crippen LogP contribution in [0.2, 0.25) is 0 Å². The molecule has 3 aromatic carbocycles. The predicted octanol–water partition coefficient (Wildman–Crippen LogP) is 4.52. The molecule has 1 N–H and O–H groups in total. The van der Waals surface area contributed by atoms with Crippen molar-refractivity contribution in [2.45, 2.75) is 6.54 Å². The van der Waals surface area contributed by atoms with Gasteiger partial charge in [0.2, 0.25) is 11.6 Å². The maximum Gasteiger partial charge on any atom is 0.255 e. The molecular weight excluding hydrogens is 484 g/mol. The standard InChI is InChI=1S/C29H32N4O5/c1-32-11-13-33(14-12-32)18-19-9-10-24-23(15-19)31-29(38-24)21-7-5-6-8-22(21)30-28(34)20-16-25(35-2)27(37-4)26(17-20)36-3/h5-10,15-17H,11-14,18H2,1-4H3,(H,30,34). The first kappa shape index (κ1) is 25.6. The number of fused-ring (bicyclic) bond motifs is 1. The molecule has 1 saturated heterocycles. The van der Waals surface area contributed by atoms with Crippen molar-refractivity contribution in [3.63, 3.8) is 0 Å². The highest BCUT2D eigenvalue weighted by molar-refractivity contribution is 6.06. The van der Waals surface area contributed by atoms with Gasteiger partial charge in [-0.2, -0.15) is 0 Å². The Morgan fingerprint density at radius 2 is 1.66 bits per heavy atom. The third kappa shape index (κ3) is 5.29. The van der Waals surface area contributed by atoms with Gasteiger partial charge < -0.3 is 28.8 Å². The van der Waals surface area contributed by atoms with Crippen LogP contribution in [0.15, 0.2) is 59.0 Å². The first-order valence-corrected chi connectivity index (χ1v) is 12.5. The summed E-state index contributed by atoms with van der Waals surface area (Å²) >= 11 is 0. The quantitative estimate of drug-likeness (QED) is 0.366. The molecule has 1 aliphatic rings. The maximum absolute atomic E-state index is 13.2. The number of carbonyl (C=O) groups is 1. The van der Waals surface area contributed by atoms with Gasteiger partial charge in [-0.25, -0.2) is 4.98 Å². The first-order chi connectivity index (χ1) is 18.5. The number of nitrogens with one attached hydrogen (secondary N) is 1. The first-order valence-electron chi connectivity index (χ1n) is 12.5. The van der Waals surface area contributed by atoms with Crippen LogP contribution in [-0.4, -0.2) is 75.2 Å². The lowest BCUT2D eigenvalue weighted by molar-refractivity contribution is 0.102. The number of aromatic nitrogens is 1. The molecule has 0 bridgehead atoms. The van der Waals surface area contributed by atoms with Crippen LogP contribution in [0.1, 0.15) is 15.9 Å². The zero-order chi connectivity index (χ0) is 26.6. The van der Waals surface area contributed by atoms with E-state index in [1.54, 1.807) is 12.1 Å². The topological polar surface area (TPSA) is 89.3 Å². The Balaban J connectivity index is 1.39. The average molecular weight is 517 g/mol. The Kier molecular flexibility index (Phi) is 7.48. The Hall–Kier alpha value is -4.08. The molecule has 2 heterocycles. The Morgan fingerprint density at radius 1 is 0.947 bits per heavy atom. The van der Waals surface area contributed by atoms with Gasteiger partial charge in [0.05, 0.1) is 32.6 Å². The average Bonchev–Trinajstić information content (AvgIpc) is 3.37. The Morgan fingerprint density at radius 3 is 2.34 bits per heavy atom. The largest absolute Gasteiger partial charge is 0.493 e. The van der Waals surface area contributed by atoms with Crippen molar-refractivity contribution in [3.8, 4) is 28.7 Å². The van der Waals surface area contributed by atoms with Crippen LogP contribution in [0.4, 0.5) is 5.69 Å². The molecule has 0 saturated carbocycles. The fourth-order valence-corrected chi connectivity index (χ4v) is 4.64. The summed E-state index contributed by atoms with van der Waals surface area (Å²) in [6.07, 6.45) is 0. The van der Waals surface area contributed by atoms with E-state index >= 15 is 0 Å². The molecule has 9 heteroatoms. The number of rotatable bonds is 8. The van der Waals surface area contributed by atoms with Gasteiger partial charge in [0.15, 0.2) is 17.1 Å². The summed E-state index contributed by atoms with van der Waals surface area (Å²) in [5.74, 6) is 1.33. The van der Waals surface area contributed by atoms with E-state index in [4.69, 9.17) is 23.6 Å². The molecule has 0 unspecified atom stereocenters. The molecule has 4 aromatic rings. The summed E-state index contributed by atoms with van der Waals surface area (Å²) in [4.78, 5) is 22.8. The van der Waals surface area contributed by atoms with E-state index in [1.807, 2.05) is 30.3 Å². The number of oxazole rings is 1. The second kappa shape index (κ2) is 11.1. The van der Waals surface area contributed by atoms with Gasteiger partial charge in [-0.15, -0.1) is 0 Å². The minimum absolute atomic E-state index is 0.331. The monoisotopic (exact) mass is 516 g/mol. The summed E-state index contributed by atoms with van der Waals surface area (Å²) in [5, 5.41) is 2.98. The third-order valence-electron chi connectivity index (χ3n) is 6.79. The van der Waals surface area contributed by atoms with E-state index in [-0.39, 0.29) is 5.91 Å². The van der Waals surface area contributed by atoms with Gasteiger partial charge in [0, 0.05) is 38.3 Å². The molecule has 0 radical (unpaired) electrons. The number of para-hydroxylation sites is 1. The lowest BCUT2D eigenvalue weighted by Crippen LogP contribution is -2.43.